The molecular weight excluding hydrogens is 798 g/mol. The fourth-order valence-corrected chi connectivity index (χ4v) is 6.49. The van der Waals surface area contributed by atoms with E-state index in [-0.39, 0.29) is 69.4 Å². The number of likely N-dealkylation sites (tertiary alicyclic amines) is 1. The zero-order valence-corrected chi connectivity index (χ0v) is 36.0. The number of primary amides is 1. The lowest BCUT2D eigenvalue weighted by Gasteiger charge is -2.30. The van der Waals surface area contributed by atoms with Crippen molar-refractivity contribution in [3.05, 3.63) is 0 Å². The van der Waals surface area contributed by atoms with Crippen molar-refractivity contribution in [2.24, 2.45) is 45.5 Å². The number of carboxylic acid groups (broad SMARTS) is 1. The van der Waals surface area contributed by atoms with Crippen LogP contribution in [0.5, 0.6) is 0 Å². The minimum absolute atomic E-state index is 0.0195. The average molecular weight is 868 g/mol. The van der Waals surface area contributed by atoms with Gasteiger partial charge in [-0.25, -0.2) is 4.79 Å². The molecule has 1 aliphatic rings. The molecule has 0 spiro atoms. The monoisotopic (exact) mass is 868 g/mol. The predicted octanol–water partition coefficient (Wildman–Crippen LogP) is -3.90. The Bertz CT molecular complexity index is 1560. The maximum absolute atomic E-state index is 13.8. The number of aliphatic imine (C=N–C) groups is 1. The standard InChI is InChI=1S/C38H69N13O10/c1-20(2)16-26(50-35(58)28-12-9-15-51(28)36(59)24(10-6-7-13-39)48-32(55)23(40)18-29(41)52)33(56)45-19-30(53)47-27(17-21(3)4)34(57)46-22(5)31(54)49-25(37(60)61)11-8-14-44-38(42)43/h20-28H,6-19,39-40H2,1-5H3,(H2,41,52)(H,45,56)(H,46,57)(H,47,53)(H,48,55)(H,49,54)(H,50,58)(H,60,61)(H4,42,43,44)/t22-,23-,24-,25-,26-,27-,28-/m0/s1. The third-order valence-corrected chi connectivity index (χ3v) is 9.59. The van der Waals surface area contributed by atoms with E-state index in [0.717, 1.165) is 0 Å². The highest BCUT2D eigenvalue weighted by Gasteiger charge is 2.39. The lowest BCUT2D eigenvalue weighted by Crippen LogP contribution is -2.58. The molecule has 1 saturated heterocycles. The number of carboxylic acids is 1. The van der Waals surface area contributed by atoms with Crippen LogP contribution in [0.25, 0.3) is 0 Å². The SMILES string of the molecule is CC(C)C[C@H](NC(=O)CNC(=O)[C@H](CC(C)C)NC(=O)[C@@H]1CCCN1C(=O)[C@H](CCCCN)NC(=O)[C@@H](N)CC(N)=O)C(=O)N[C@@H](C)C(=O)N[C@@H](CCCN=C(N)N)C(=O)O. The molecular formula is C38H69N13O10. The minimum atomic E-state index is -1.29. The Kier molecular flexibility index (Phi) is 23.9. The van der Waals surface area contributed by atoms with E-state index >= 15 is 0 Å². The first-order chi connectivity index (χ1) is 28.6. The molecule has 0 saturated carbocycles. The Morgan fingerprint density at radius 1 is 0.721 bits per heavy atom. The first-order valence-corrected chi connectivity index (χ1v) is 20.7. The number of amides is 8. The highest BCUT2D eigenvalue weighted by Crippen LogP contribution is 2.21. The van der Waals surface area contributed by atoms with Gasteiger partial charge in [0.25, 0.3) is 0 Å². The van der Waals surface area contributed by atoms with Crippen LogP contribution < -0.4 is 60.6 Å². The van der Waals surface area contributed by atoms with Gasteiger partial charge in [-0.05, 0) is 83.1 Å². The summed E-state index contributed by atoms with van der Waals surface area (Å²) in [5, 5.41) is 24.8. The fraction of sp³-hybridized carbons (Fsp3) is 0.737. The predicted molar refractivity (Wildman–Crippen MR) is 224 cm³/mol. The van der Waals surface area contributed by atoms with Gasteiger partial charge in [0.15, 0.2) is 5.96 Å². The maximum atomic E-state index is 13.8. The molecule has 346 valence electrons. The summed E-state index contributed by atoms with van der Waals surface area (Å²) in [7, 11) is 0. The number of hydrogen-bond donors (Lipinski definition) is 12. The van der Waals surface area contributed by atoms with Crippen LogP contribution in [0, 0.1) is 11.8 Å². The van der Waals surface area contributed by atoms with Crippen molar-refractivity contribution in [3.8, 4) is 0 Å². The Balaban J connectivity index is 2.99. The second-order valence-corrected chi connectivity index (χ2v) is 16.0. The van der Waals surface area contributed by atoms with Gasteiger partial charge >= 0.3 is 5.97 Å². The molecule has 23 heteroatoms. The first-order valence-electron chi connectivity index (χ1n) is 20.7. The van der Waals surface area contributed by atoms with Gasteiger partial charge in [-0.1, -0.05) is 27.7 Å². The quantitative estimate of drug-likeness (QED) is 0.0203. The van der Waals surface area contributed by atoms with E-state index in [4.69, 9.17) is 28.7 Å². The Morgan fingerprint density at radius 3 is 1.87 bits per heavy atom. The van der Waals surface area contributed by atoms with E-state index in [1.54, 1.807) is 0 Å². The number of guanidine groups is 1. The van der Waals surface area contributed by atoms with Crippen molar-refractivity contribution in [1.82, 2.24) is 36.8 Å². The molecule has 1 aliphatic heterocycles. The second kappa shape index (κ2) is 27.3. The lowest BCUT2D eigenvalue weighted by molar-refractivity contribution is -0.142. The van der Waals surface area contributed by atoms with Crippen LogP contribution >= 0.6 is 0 Å². The van der Waals surface area contributed by atoms with Gasteiger partial charge in [-0.3, -0.25) is 43.3 Å². The van der Waals surface area contributed by atoms with Gasteiger partial charge in [0, 0.05) is 13.1 Å². The molecule has 0 aromatic carbocycles. The van der Waals surface area contributed by atoms with Crippen molar-refractivity contribution >= 4 is 59.2 Å². The Morgan fingerprint density at radius 2 is 1.31 bits per heavy atom. The number of unbranched alkanes of at least 4 members (excludes halogenated alkanes) is 1. The lowest BCUT2D eigenvalue weighted by atomic mass is 10.0. The van der Waals surface area contributed by atoms with Crippen LogP contribution in [0.3, 0.4) is 0 Å². The highest BCUT2D eigenvalue weighted by molar-refractivity contribution is 5.97. The summed E-state index contributed by atoms with van der Waals surface area (Å²) in [6.45, 7) is 8.76. The average Bonchev–Trinajstić information content (AvgIpc) is 3.66. The highest BCUT2D eigenvalue weighted by atomic mass is 16.4. The second-order valence-electron chi connectivity index (χ2n) is 16.0. The number of rotatable bonds is 28. The van der Waals surface area contributed by atoms with Gasteiger partial charge in [0.1, 0.15) is 36.3 Å². The molecule has 8 amide bonds. The summed E-state index contributed by atoms with van der Waals surface area (Å²) in [4.78, 5) is 121. The van der Waals surface area contributed by atoms with Gasteiger partial charge in [-0.15, -0.1) is 0 Å². The van der Waals surface area contributed by atoms with Crippen molar-refractivity contribution < 1.29 is 48.3 Å². The number of carbonyl (C=O) groups excluding carboxylic acids is 8. The molecule has 0 bridgehead atoms. The van der Waals surface area contributed by atoms with Gasteiger partial charge in [0.05, 0.1) is 19.0 Å². The van der Waals surface area contributed by atoms with Crippen LogP contribution in [0.4, 0.5) is 0 Å². The number of carbonyl (C=O) groups is 9. The van der Waals surface area contributed by atoms with Crippen molar-refractivity contribution in [2.45, 2.75) is 141 Å². The van der Waals surface area contributed by atoms with Crippen LogP contribution in [-0.2, 0) is 43.2 Å². The molecule has 17 N–H and O–H groups in total. The first kappa shape index (κ1) is 53.4. The summed E-state index contributed by atoms with van der Waals surface area (Å²) >= 11 is 0. The Hall–Kier alpha value is -5.58. The normalized spacial score (nSPS) is 16.5. The van der Waals surface area contributed by atoms with E-state index < -0.39 is 108 Å². The summed E-state index contributed by atoms with van der Waals surface area (Å²) in [5.41, 5.74) is 27.2. The van der Waals surface area contributed by atoms with E-state index in [9.17, 15) is 48.3 Å². The topological polar surface area (TPSA) is 392 Å². The number of nitrogens with two attached hydrogens (primary N) is 5. The summed E-state index contributed by atoms with van der Waals surface area (Å²) in [6, 6.07) is -8.02. The fourth-order valence-electron chi connectivity index (χ4n) is 6.49. The van der Waals surface area contributed by atoms with Crippen LogP contribution in [0.2, 0.25) is 0 Å². The minimum Gasteiger partial charge on any atom is -0.480 e. The molecule has 1 heterocycles. The third-order valence-electron chi connectivity index (χ3n) is 9.59. The number of nitrogens with one attached hydrogen (secondary N) is 6. The molecule has 0 unspecified atom stereocenters. The summed E-state index contributed by atoms with van der Waals surface area (Å²) in [5.74, 6) is -7.24. The molecule has 7 atom stereocenters. The van der Waals surface area contributed by atoms with E-state index in [2.05, 4.69) is 36.9 Å². The van der Waals surface area contributed by atoms with Gasteiger partial charge < -0.3 is 70.6 Å². The molecule has 0 aliphatic carbocycles. The van der Waals surface area contributed by atoms with Gasteiger partial charge in [-0.2, -0.15) is 0 Å². The molecule has 0 aromatic rings. The van der Waals surface area contributed by atoms with Crippen LogP contribution in [0.15, 0.2) is 4.99 Å². The Labute approximate surface area is 356 Å². The summed E-state index contributed by atoms with van der Waals surface area (Å²) < 4.78 is 0. The molecule has 61 heavy (non-hydrogen) atoms. The van der Waals surface area contributed by atoms with Crippen LogP contribution in [-0.4, -0.2) is 138 Å². The molecule has 23 nitrogen and oxygen atoms in total. The number of aliphatic carboxylic acids is 1. The maximum Gasteiger partial charge on any atom is 0.326 e. The van der Waals surface area contributed by atoms with E-state index in [0.29, 0.717) is 25.8 Å². The zero-order valence-electron chi connectivity index (χ0n) is 36.0. The molecule has 0 aromatic heterocycles. The largest absolute Gasteiger partial charge is 0.480 e. The molecule has 0 radical (unpaired) electrons. The number of nitrogens with zero attached hydrogens (tertiary/aromatic N) is 2. The van der Waals surface area contributed by atoms with Crippen molar-refractivity contribution in [2.75, 3.05) is 26.2 Å². The number of hydrogen-bond acceptors (Lipinski definition) is 12. The van der Waals surface area contributed by atoms with Crippen LogP contribution in [0.1, 0.15) is 98.8 Å². The molecule has 1 rings (SSSR count). The van der Waals surface area contributed by atoms with E-state index in [1.165, 1.54) is 11.8 Å². The zero-order chi connectivity index (χ0) is 46.4. The summed E-state index contributed by atoms with van der Waals surface area (Å²) in [6.07, 6.45) is 2.16. The van der Waals surface area contributed by atoms with Gasteiger partial charge in [0.2, 0.25) is 47.3 Å². The van der Waals surface area contributed by atoms with Crippen molar-refractivity contribution in [1.29, 1.82) is 0 Å². The van der Waals surface area contributed by atoms with E-state index in [1.807, 2.05) is 27.7 Å². The smallest absolute Gasteiger partial charge is 0.326 e. The van der Waals surface area contributed by atoms with Crippen molar-refractivity contribution in [3.63, 3.8) is 0 Å². The third kappa shape index (κ3) is 20.5. The molecule has 1 fully saturated rings.